The Hall–Kier alpha value is -2.02. The van der Waals surface area contributed by atoms with Crippen LogP contribution in [0.4, 0.5) is 5.69 Å². The number of hydrogen-bond donors (Lipinski definition) is 1. The van der Waals surface area contributed by atoms with Gasteiger partial charge >= 0.3 is 0 Å². The second-order valence-corrected chi connectivity index (χ2v) is 11.4. The fourth-order valence-electron chi connectivity index (χ4n) is 2.40. The van der Waals surface area contributed by atoms with Crippen molar-refractivity contribution in [2.45, 2.75) is 4.90 Å². The fraction of sp³-hybridized carbons (Fsp3) is 0.211. The lowest BCUT2D eigenvalue weighted by Crippen LogP contribution is -2.22. The Bertz CT molecular complexity index is 1320. The van der Waals surface area contributed by atoms with Gasteiger partial charge in [0.05, 0.1) is 22.7 Å². The number of aromatic nitrogens is 1. The highest BCUT2D eigenvalue weighted by Gasteiger charge is 2.22. The van der Waals surface area contributed by atoms with Gasteiger partial charge in [-0.15, -0.1) is 11.3 Å². The summed E-state index contributed by atoms with van der Waals surface area (Å²) in [6.07, 6.45) is 0.715. The summed E-state index contributed by atoms with van der Waals surface area (Å²) in [4.78, 5) is 5.54. The molecule has 2 aromatic carbocycles. The smallest absolute Gasteiger partial charge is 0.261 e. The van der Waals surface area contributed by atoms with Gasteiger partial charge in [0.1, 0.15) is 4.90 Å². The van der Waals surface area contributed by atoms with Gasteiger partial charge in [-0.05, 0) is 24.3 Å². The molecule has 8 nitrogen and oxygen atoms in total. The van der Waals surface area contributed by atoms with Crippen LogP contribution < -0.4 is 4.80 Å². The first-order chi connectivity index (χ1) is 14.3. The lowest BCUT2D eigenvalue weighted by molar-refractivity contribution is 0.490. The molecule has 0 saturated carbocycles. The van der Waals surface area contributed by atoms with Gasteiger partial charge in [0, 0.05) is 32.1 Å². The van der Waals surface area contributed by atoms with Crippen LogP contribution >= 0.6 is 22.9 Å². The average Bonchev–Trinajstić information content (AvgIpc) is 3.02. The van der Waals surface area contributed by atoms with Gasteiger partial charge in [-0.25, -0.2) is 17.7 Å². The molecule has 1 N–H and O–H groups in total. The normalized spacial score (nSPS) is 12.5. The number of rotatable bonds is 4. The standard InChI is InChI=1S/C18H18ClN3O2S2.CH4O3S/c1-21(2)26(23,24)17-11-13(9-10-15(17)19)16-12-25-18(22(16)3)20-14-7-5-4-6-8-14;1-5(2,3)4/h4-12H,1-3H3;1H3,(H,2,3,4). The third kappa shape index (κ3) is 6.99. The molecule has 0 aliphatic carbocycles. The Morgan fingerprint density at radius 1 is 1.06 bits per heavy atom. The van der Waals surface area contributed by atoms with Crippen LogP contribution in [-0.4, -0.2) is 50.6 Å². The fourth-order valence-corrected chi connectivity index (χ4v) is 4.72. The number of para-hydroxylation sites is 1. The zero-order valence-corrected chi connectivity index (χ0v) is 20.4. The van der Waals surface area contributed by atoms with Crippen LogP contribution in [0, 0.1) is 0 Å². The van der Waals surface area contributed by atoms with Crippen molar-refractivity contribution in [3.8, 4) is 11.3 Å². The summed E-state index contributed by atoms with van der Waals surface area (Å²) < 4.78 is 53.9. The largest absolute Gasteiger partial charge is 0.320 e. The molecule has 0 fully saturated rings. The molecule has 0 radical (unpaired) electrons. The molecule has 168 valence electrons. The monoisotopic (exact) mass is 503 g/mol. The average molecular weight is 504 g/mol. The third-order valence-electron chi connectivity index (χ3n) is 3.89. The quantitative estimate of drug-likeness (QED) is 0.549. The number of thiazole rings is 1. The summed E-state index contributed by atoms with van der Waals surface area (Å²) in [6.45, 7) is 0. The number of halogens is 1. The van der Waals surface area contributed by atoms with Gasteiger partial charge in [0.25, 0.3) is 10.1 Å². The number of benzene rings is 2. The highest BCUT2D eigenvalue weighted by molar-refractivity contribution is 7.89. The first kappa shape index (κ1) is 25.2. The topological polar surface area (TPSA) is 109 Å². The second kappa shape index (κ2) is 10.1. The predicted octanol–water partition coefficient (Wildman–Crippen LogP) is 3.39. The summed E-state index contributed by atoms with van der Waals surface area (Å²) in [5.74, 6) is 0. The summed E-state index contributed by atoms with van der Waals surface area (Å²) in [5, 5.41) is 2.16. The highest BCUT2D eigenvalue weighted by atomic mass is 35.5. The van der Waals surface area contributed by atoms with Crippen molar-refractivity contribution in [3.63, 3.8) is 0 Å². The Labute approximate surface area is 190 Å². The molecule has 12 heteroatoms. The van der Waals surface area contributed by atoms with E-state index in [4.69, 9.17) is 16.2 Å². The molecule has 3 aromatic rings. The van der Waals surface area contributed by atoms with E-state index in [0.29, 0.717) is 6.26 Å². The maximum atomic E-state index is 12.5. The molecule has 0 atom stereocenters. The molecule has 0 unspecified atom stereocenters. The minimum absolute atomic E-state index is 0.0921. The summed E-state index contributed by atoms with van der Waals surface area (Å²) in [7, 11) is -2.41. The van der Waals surface area contributed by atoms with Crippen molar-refractivity contribution < 1.29 is 21.4 Å². The Kier molecular flexibility index (Phi) is 8.20. The zero-order chi connectivity index (χ0) is 23.4. The van der Waals surface area contributed by atoms with Crippen molar-refractivity contribution in [2.75, 3.05) is 20.4 Å². The molecule has 1 aromatic heterocycles. The molecule has 0 saturated heterocycles. The maximum absolute atomic E-state index is 12.5. The van der Waals surface area contributed by atoms with Crippen molar-refractivity contribution in [1.82, 2.24) is 8.87 Å². The van der Waals surface area contributed by atoms with Gasteiger partial charge in [0.2, 0.25) is 10.0 Å². The summed E-state index contributed by atoms with van der Waals surface area (Å²) in [5.41, 5.74) is 2.50. The van der Waals surface area contributed by atoms with Crippen LogP contribution in [0.15, 0.2) is 63.8 Å². The second-order valence-electron chi connectivity index (χ2n) is 6.58. The van der Waals surface area contributed by atoms with E-state index < -0.39 is 20.1 Å². The van der Waals surface area contributed by atoms with Gasteiger partial charge < -0.3 is 4.57 Å². The lowest BCUT2D eigenvalue weighted by atomic mass is 10.2. The number of sulfonamides is 1. The van der Waals surface area contributed by atoms with Crippen molar-refractivity contribution >= 4 is 48.8 Å². The summed E-state index contributed by atoms with van der Waals surface area (Å²) in [6, 6.07) is 14.7. The number of nitrogens with zero attached hydrogens (tertiary/aromatic N) is 3. The van der Waals surface area contributed by atoms with Crippen LogP contribution in [0.1, 0.15) is 0 Å². The van der Waals surface area contributed by atoms with E-state index in [1.807, 2.05) is 53.4 Å². The molecule has 0 spiro atoms. The Morgan fingerprint density at radius 2 is 1.65 bits per heavy atom. The molecule has 1 heterocycles. The van der Waals surface area contributed by atoms with Crippen molar-refractivity contribution in [3.05, 3.63) is 63.7 Å². The molecular weight excluding hydrogens is 482 g/mol. The van der Waals surface area contributed by atoms with Crippen molar-refractivity contribution in [2.24, 2.45) is 12.0 Å². The van der Waals surface area contributed by atoms with E-state index in [1.54, 1.807) is 12.1 Å². The maximum Gasteiger partial charge on any atom is 0.261 e. The first-order valence-corrected chi connectivity index (χ1v) is 13.2. The summed E-state index contributed by atoms with van der Waals surface area (Å²) >= 11 is 7.63. The molecule has 0 amide bonds. The Morgan fingerprint density at radius 3 is 2.19 bits per heavy atom. The van der Waals surface area contributed by atoms with Gasteiger partial charge in [0.15, 0.2) is 4.80 Å². The number of hydrogen-bond acceptors (Lipinski definition) is 6. The van der Waals surface area contributed by atoms with Crippen LogP contribution in [-0.2, 0) is 27.2 Å². The van der Waals surface area contributed by atoms with E-state index in [9.17, 15) is 16.8 Å². The zero-order valence-electron chi connectivity index (χ0n) is 17.2. The SMILES string of the molecule is CN(C)S(=O)(=O)c1cc(-c2csc(=Nc3ccccc3)n2C)ccc1Cl.CS(=O)(=O)O. The van der Waals surface area contributed by atoms with Crippen LogP contribution in [0.3, 0.4) is 0 Å². The first-order valence-electron chi connectivity index (χ1n) is 8.70. The van der Waals surface area contributed by atoms with Gasteiger partial charge in [-0.3, -0.25) is 4.55 Å². The van der Waals surface area contributed by atoms with E-state index in [1.165, 1.54) is 25.4 Å². The van der Waals surface area contributed by atoms with E-state index in [0.717, 1.165) is 26.1 Å². The minimum Gasteiger partial charge on any atom is -0.320 e. The minimum atomic E-state index is -3.67. The van der Waals surface area contributed by atoms with E-state index in [-0.39, 0.29) is 9.92 Å². The molecule has 0 aliphatic heterocycles. The van der Waals surface area contributed by atoms with Crippen LogP contribution in [0.2, 0.25) is 5.02 Å². The molecular formula is C19H22ClN3O5S3. The highest BCUT2D eigenvalue weighted by Crippen LogP contribution is 2.29. The van der Waals surface area contributed by atoms with Crippen LogP contribution in [0.25, 0.3) is 11.3 Å². The molecule has 0 bridgehead atoms. The predicted molar refractivity (Wildman–Crippen MR) is 124 cm³/mol. The van der Waals surface area contributed by atoms with Crippen molar-refractivity contribution in [1.29, 1.82) is 0 Å². The lowest BCUT2D eigenvalue weighted by Gasteiger charge is -2.14. The molecule has 31 heavy (non-hydrogen) atoms. The van der Waals surface area contributed by atoms with E-state index >= 15 is 0 Å². The third-order valence-corrected chi connectivity index (χ3v) is 7.10. The van der Waals surface area contributed by atoms with Crippen LogP contribution in [0.5, 0.6) is 0 Å². The van der Waals surface area contributed by atoms with Gasteiger partial charge in [-0.2, -0.15) is 8.42 Å². The molecule has 0 aliphatic rings. The Balaban J connectivity index is 0.000000614. The molecule has 3 rings (SSSR count). The van der Waals surface area contributed by atoms with Gasteiger partial charge in [-0.1, -0.05) is 35.9 Å². The van der Waals surface area contributed by atoms with E-state index in [2.05, 4.69) is 4.99 Å².